The molecule has 0 aromatic carbocycles. The monoisotopic (exact) mass is 370 g/mol. The van der Waals surface area contributed by atoms with Gasteiger partial charge in [0.2, 0.25) is 0 Å². The molecular formula is C20H38O4Si. The first kappa shape index (κ1) is 24.1. The number of aliphatic hydroxyl groups excluding tert-OH is 1. The third-order valence-corrected chi connectivity index (χ3v) is 9.84. The predicted octanol–water partition coefficient (Wildman–Crippen LogP) is 4.85. The minimum atomic E-state index is -1.97. The lowest BCUT2D eigenvalue weighted by atomic mass is 9.91. The van der Waals surface area contributed by atoms with Crippen molar-refractivity contribution >= 4 is 14.3 Å². The van der Waals surface area contributed by atoms with Crippen LogP contribution >= 0.6 is 0 Å². The fraction of sp³-hybridized carbons (Fsp3) is 0.750. The van der Waals surface area contributed by atoms with Gasteiger partial charge in [0.05, 0.1) is 19.3 Å². The van der Waals surface area contributed by atoms with Crippen LogP contribution in [0.1, 0.15) is 54.9 Å². The lowest BCUT2D eigenvalue weighted by Crippen LogP contribution is -2.47. The van der Waals surface area contributed by atoms with E-state index < -0.39 is 14.4 Å². The number of rotatable bonds is 8. The molecule has 0 aliphatic carbocycles. The summed E-state index contributed by atoms with van der Waals surface area (Å²) in [6.07, 6.45) is 3.46. The molecule has 0 aromatic heterocycles. The minimum absolute atomic E-state index is 0.0768. The molecule has 146 valence electrons. The van der Waals surface area contributed by atoms with Crippen LogP contribution in [0.5, 0.6) is 0 Å². The second-order valence-corrected chi connectivity index (χ2v) is 13.1. The molecule has 0 aromatic rings. The van der Waals surface area contributed by atoms with Crippen molar-refractivity contribution < 1.29 is 19.1 Å². The Labute approximate surface area is 155 Å². The molecule has 0 saturated carbocycles. The lowest BCUT2D eigenvalue weighted by Gasteiger charge is -2.42. The van der Waals surface area contributed by atoms with Gasteiger partial charge in [-0.25, -0.2) is 4.79 Å². The van der Waals surface area contributed by atoms with Gasteiger partial charge in [-0.15, -0.1) is 0 Å². The summed E-state index contributed by atoms with van der Waals surface area (Å²) in [4.78, 5) is 11.5. The van der Waals surface area contributed by atoms with Crippen molar-refractivity contribution in [1.82, 2.24) is 0 Å². The molecule has 0 aliphatic rings. The largest absolute Gasteiger partial charge is 0.466 e. The summed E-state index contributed by atoms with van der Waals surface area (Å²) in [5, 5.41) is 10.7. The first-order valence-electron chi connectivity index (χ1n) is 9.02. The number of esters is 1. The zero-order valence-corrected chi connectivity index (χ0v) is 18.8. The highest BCUT2D eigenvalue weighted by molar-refractivity contribution is 6.74. The van der Waals surface area contributed by atoms with Crippen molar-refractivity contribution in [1.29, 1.82) is 0 Å². The average Bonchev–Trinajstić information content (AvgIpc) is 2.53. The Morgan fingerprint density at radius 2 is 1.76 bits per heavy atom. The number of aliphatic hydroxyl groups is 1. The van der Waals surface area contributed by atoms with Gasteiger partial charge in [-0.1, -0.05) is 39.8 Å². The quantitative estimate of drug-likeness (QED) is 0.287. The van der Waals surface area contributed by atoms with Crippen LogP contribution in [-0.4, -0.2) is 38.7 Å². The van der Waals surface area contributed by atoms with Gasteiger partial charge in [-0.05, 0) is 50.9 Å². The molecule has 0 heterocycles. The molecule has 3 atom stereocenters. The van der Waals surface area contributed by atoms with E-state index in [2.05, 4.69) is 46.9 Å². The van der Waals surface area contributed by atoms with Gasteiger partial charge in [0.1, 0.15) is 0 Å². The highest BCUT2D eigenvalue weighted by Crippen LogP contribution is 2.39. The third-order valence-electron chi connectivity index (χ3n) is 5.39. The number of carbonyl (C=O) groups is 1. The van der Waals surface area contributed by atoms with E-state index in [1.807, 2.05) is 13.8 Å². The molecule has 0 aliphatic heterocycles. The van der Waals surface area contributed by atoms with Gasteiger partial charge in [-0.2, -0.15) is 0 Å². The number of hydrogen-bond donors (Lipinski definition) is 1. The summed E-state index contributed by atoms with van der Waals surface area (Å²) >= 11 is 0. The summed E-state index contributed by atoms with van der Waals surface area (Å²) < 4.78 is 11.3. The molecule has 1 N–H and O–H groups in total. The van der Waals surface area contributed by atoms with Crippen molar-refractivity contribution in [3.05, 3.63) is 23.3 Å². The van der Waals surface area contributed by atoms with E-state index in [4.69, 9.17) is 9.16 Å². The Morgan fingerprint density at radius 3 is 2.16 bits per heavy atom. The second-order valence-electron chi connectivity index (χ2n) is 8.37. The number of allylic oxidation sites excluding steroid dienone is 1. The van der Waals surface area contributed by atoms with E-state index in [1.165, 1.54) is 7.11 Å². The van der Waals surface area contributed by atoms with Crippen LogP contribution in [0.4, 0.5) is 0 Å². The van der Waals surface area contributed by atoms with Crippen LogP contribution in [0.15, 0.2) is 23.3 Å². The molecule has 4 nitrogen and oxygen atoms in total. The number of hydrogen-bond acceptors (Lipinski definition) is 4. The van der Waals surface area contributed by atoms with E-state index in [-0.39, 0.29) is 23.0 Å². The minimum Gasteiger partial charge on any atom is -0.466 e. The zero-order chi connectivity index (χ0) is 20.0. The first-order chi connectivity index (χ1) is 11.3. The number of ether oxygens (including phenoxy) is 1. The van der Waals surface area contributed by atoms with Crippen LogP contribution in [0.2, 0.25) is 18.1 Å². The highest BCUT2D eigenvalue weighted by Gasteiger charge is 2.41. The second kappa shape index (κ2) is 9.69. The molecule has 0 rings (SSSR count). The van der Waals surface area contributed by atoms with Crippen molar-refractivity contribution in [2.24, 2.45) is 5.92 Å². The van der Waals surface area contributed by atoms with E-state index in [0.717, 1.165) is 5.57 Å². The first-order valence-corrected chi connectivity index (χ1v) is 11.9. The van der Waals surface area contributed by atoms with E-state index in [1.54, 1.807) is 13.0 Å². The van der Waals surface area contributed by atoms with Gasteiger partial charge in [-0.3, -0.25) is 0 Å². The van der Waals surface area contributed by atoms with Gasteiger partial charge in [0, 0.05) is 11.5 Å². The van der Waals surface area contributed by atoms with Crippen LogP contribution < -0.4 is 0 Å². The van der Waals surface area contributed by atoms with Crippen molar-refractivity contribution in [3.8, 4) is 0 Å². The Hall–Kier alpha value is -0.913. The van der Waals surface area contributed by atoms with Crippen molar-refractivity contribution in [2.75, 3.05) is 7.11 Å². The number of methoxy groups -OCH3 is 1. The molecule has 25 heavy (non-hydrogen) atoms. The fourth-order valence-corrected chi connectivity index (χ4v) is 3.62. The predicted molar refractivity (Wildman–Crippen MR) is 107 cm³/mol. The molecular weight excluding hydrogens is 332 g/mol. The topological polar surface area (TPSA) is 55.8 Å². The maximum atomic E-state index is 11.5. The molecule has 0 radical (unpaired) electrons. The molecule has 0 bridgehead atoms. The highest BCUT2D eigenvalue weighted by atomic mass is 28.4. The van der Waals surface area contributed by atoms with Gasteiger partial charge in [0.15, 0.2) is 8.32 Å². The fourth-order valence-electron chi connectivity index (χ4n) is 2.23. The Bertz CT molecular complexity index is 500. The molecule has 0 amide bonds. The van der Waals surface area contributed by atoms with Gasteiger partial charge < -0.3 is 14.3 Å². The Balaban J connectivity index is 5.32. The van der Waals surface area contributed by atoms with Gasteiger partial charge >= 0.3 is 5.97 Å². The molecule has 0 fully saturated rings. The van der Waals surface area contributed by atoms with Gasteiger partial charge in [0.25, 0.3) is 0 Å². The summed E-state index contributed by atoms with van der Waals surface area (Å²) in [5.74, 6) is -0.439. The van der Waals surface area contributed by atoms with E-state index in [9.17, 15) is 9.90 Å². The van der Waals surface area contributed by atoms with Crippen molar-refractivity contribution in [2.45, 2.75) is 85.2 Å². The molecule has 0 spiro atoms. The standard InChI is InChI=1S/C20H38O4Si/c1-11-14(2)18(24-25(9,10)20(5,6)7)16(4)17(21)13-12-15(3)19(22)23-8/h11-12,16-18,21H,13H2,1-10H3/b14-11+,15-12+/t16-,17-,18-/m1/s1. The maximum absolute atomic E-state index is 11.5. The number of carbonyl (C=O) groups excluding carboxylic acids is 1. The maximum Gasteiger partial charge on any atom is 0.333 e. The molecule has 5 heteroatoms. The third kappa shape index (κ3) is 7.08. The van der Waals surface area contributed by atoms with Crippen LogP contribution in [0, 0.1) is 5.92 Å². The Morgan fingerprint density at radius 1 is 1.24 bits per heavy atom. The lowest BCUT2D eigenvalue weighted by molar-refractivity contribution is -0.136. The average molecular weight is 371 g/mol. The van der Waals surface area contributed by atoms with Crippen molar-refractivity contribution in [3.63, 3.8) is 0 Å². The van der Waals surface area contributed by atoms with Crippen LogP contribution in [0.3, 0.4) is 0 Å². The zero-order valence-electron chi connectivity index (χ0n) is 17.8. The van der Waals surface area contributed by atoms with Crippen LogP contribution in [0.25, 0.3) is 0 Å². The summed E-state index contributed by atoms with van der Waals surface area (Å²) in [7, 11) is -0.607. The summed E-state index contributed by atoms with van der Waals surface area (Å²) in [6.45, 7) is 18.8. The van der Waals surface area contributed by atoms with E-state index in [0.29, 0.717) is 12.0 Å². The summed E-state index contributed by atoms with van der Waals surface area (Å²) in [5.41, 5.74) is 1.64. The summed E-state index contributed by atoms with van der Waals surface area (Å²) in [6, 6.07) is 0. The Kier molecular flexibility index (Phi) is 9.34. The molecule has 0 saturated heterocycles. The van der Waals surface area contributed by atoms with Crippen LogP contribution in [-0.2, 0) is 14.0 Å². The SMILES string of the molecule is C/C=C(\C)[C@@H](O[Si](C)(C)C(C)(C)C)[C@H](C)[C@H](O)C/C=C(\C)C(=O)OC. The molecule has 0 unspecified atom stereocenters. The van der Waals surface area contributed by atoms with E-state index >= 15 is 0 Å². The smallest absolute Gasteiger partial charge is 0.333 e. The normalized spacial score (nSPS) is 17.9.